The molecule has 0 saturated carbocycles. The van der Waals surface area contributed by atoms with E-state index < -0.39 is 6.55 Å². The van der Waals surface area contributed by atoms with Gasteiger partial charge in [0, 0.05) is 25.2 Å². The summed E-state index contributed by atoms with van der Waals surface area (Å²) in [6.07, 6.45) is 2.80. The van der Waals surface area contributed by atoms with Gasteiger partial charge in [-0.3, -0.25) is 4.79 Å². The number of likely N-dealkylation sites (tertiary alicyclic amines) is 1. The molecule has 2 aromatic rings. The Hall–Kier alpha value is -2.51. The molecule has 1 fully saturated rings. The molecule has 8 heteroatoms. The second-order valence-corrected chi connectivity index (χ2v) is 5.98. The smallest absolute Gasteiger partial charge is 0.333 e. The van der Waals surface area contributed by atoms with E-state index in [0.717, 1.165) is 19.0 Å². The van der Waals surface area contributed by atoms with Crippen LogP contribution in [-0.2, 0) is 0 Å². The number of carbonyl (C=O) groups excluding carboxylic acids is 1. The van der Waals surface area contributed by atoms with E-state index in [4.69, 9.17) is 4.74 Å². The molecule has 1 saturated heterocycles. The van der Waals surface area contributed by atoms with E-state index in [1.165, 1.54) is 18.2 Å². The lowest BCUT2D eigenvalue weighted by Crippen LogP contribution is -2.41. The summed E-state index contributed by atoms with van der Waals surface area (Å²) in [4.78, 5) is 14.0. The Balaban J connectivity index is 1.56. The largest absolute Gasteiger partial charge is 0.493 e. The average molecular weight is 353 g/mol. The number of halogens is 3. The van der Waals surface area contributed by atoms with Crippen molar-refractivity contribution in [3.8, 4) is 5.75 Å². The van der Waals surface area contributed by atoms with Crippen LogP contribution in [-0.4, -0.2) is 40.3 Å². The maximum Gasteiger partial charge on any atom is 0.333 e. The number of amides is 1. The number of alkyl halides is 2. The molecule has 1 aromatic carbocycles. The maximum absolute atomic E-state index is 12.9. The van der Waals surface area contributed by atoms with Gasteiger partial charge in [-0.25, -0.2) is 9.07 Å². The van der Waals surface area contributed by atoms with Gasteiger partial charge in [0.25, 0.3) is 5.91 Å². The molecule has 0 bridgehead atoms. The molecule has 3 rings (SSSR count). The third-order valence-corrected chi connectivity index (χ3v) is 4.13. The highest BCUT2D eigenvalue weighted by atomic mass is 19.3. The summed E-state index contributed by atoms with van der Waals surface area (Å²) in [5.41, 5.74) is 0.0143. The van der Waals surface area contributed by atoms with E-state index >= 15 is 0 Å². The Morgan fingerprint density at radius 2 is 2.04 bits per heavy atom. The van der Waals surface area contributed by atoms with Crippen LogP contribution in [0.25, 0.3) is 0 Å². The van der Waals surface area contributed by atoms with Crippen LogP contribution in [0.1, 0.15) is 29.9 Å². The summed E-state index contributed by atoms with van der Waals surface area (Å²) in [7, 11) is 0. The Kier molecular flexibility index (Phi) is 5.25. The summed E-state index contributed by atoms with van der Waals surface area (Å²) >= 11 is 0. The second kappa shape index (κ2) is 7.58. The summed E-state index contributed by atoms with van der Waals surface area (Å²) < 4.78 is 44.1. The zero-order valence-corrected chi connectivity index (χ0v) is 13.4. The van der Waals surface area contributed by atoms with Crippen LogP contribution in [0.4, 0.5) is 13.2 Å². The Labute approximate surface area is 143 Å². The highest BCUT2D eigenvalue weighted by molar-refractivity contribution is 5.92. The first-order valence-electron chi connectivity index (χ1n) is 8.04. The molecule has 1 aliphatic heterocycles. The number of ether oxygens (including phenoxy) is 1. The van der Waals surface area contributed by atoms with Gasteiger partial charge in [-0.05, 0) is 43.2 Å². The third-order valence-electron chi connectivity index (χ3n) is 4.13. The van der Waals surface area contributed by atoms with Crippen molar-refractivity contribution in [2.75, 3.05) is 19.7 Å². The van der Waals surface area contributed by atoms with Gasteiger partial charge in [-0.15, -0.1) is 0 Å². The molecular formula is C17H18F3N3O2. The first-order valence-corrected chi connectivity index (χ1v) is 8.04. The van der Waals surface area contributed by atoms with Crippen LogP contribution in [0.2, 0.25) is 0 Å². The Morgan fingerprint density at radius 1 is 1.28 bits per heavy atom. The molecule has 0 radical (unpaired) electrons. The lowest BCUT2D eigenvalue weighted by Gasteiger charge is -2.32. The van der Waals surface area contributed by atoms with Crippen molar-refractivity contribution in [2.45, 2.75) is 19.4 Å². The molecule has 0 N–H and O–H groups in total. The first-order chi connectivity index (χ1) is 12.0. The van der Waals surface area contributed by atoms with Crippen molar-refractivity contribution < 1.29 is 22.7 Å². The van der Waals surface area contributed by atoms with Crippen LogP contribution < -0.4 is 4.74 Å². The van der Waals surface area contributed by atoms with Crippen molar-refractivity contribution >= 4 is 5.91 Å². The third kappa shape index (κ3) is 4.32. The van der Waals surface area contributed by atoms with Gasteiger partial charge in [0.15, 0.2) is 5.69 Å². The van der Waals surface area contributed by atoms with Gasteiger partial charge >= 0.3 is 6.55 Å². The number of carbonyl (C=O) groups is 1. The van der Waals surface area contributed by atoms with Crippen LogP contribution in [0.3, 0.4) is 0 Å². The topological polar surface area (TPSA) is 47.4 Å². The normalized spacial score (nSPS) is 17.8. The van der Waals surface area contributed by atoms with Crippen LogP contribution in [0.5, 0.6) is 5.75 Å². The van der Waals surface area contributed by atoms with Gasteiger partial charge in [0.2, 0.25) is 0 Å². The van der Waals surface area contributed by atoms with E-state index in [-0.39, 0.29) is 23.3 Å². The number of hydrogen-bond acceptors (Lipinski definition) is 3. The van der Waals surface area contributed by atoms with E-state index in [0.29, 0.717) is 30.1 Å². The molecule has 2 heterocycles. The van der Waals surface area contributed by atoms with Gasteiger partial charge in [0.05, 0.1) is 6.61 Å². The zero-order valence-electron chi connectivity index (χ0n) is 13.4. The molecule has 1 atom stereocenters. The summed E-state index contributed by atoms with van der Waals surface area (Å²) in [6, 6.07) is 7.06. The summed E-state index contributed by atoms with van der Waals surface area (Å²) in [5.74, 6) is 0.0105. The predicted molar refractivity (Wildman–Crippen MR) is 84.0 cm³/mol. The number of nitrogens with zero attached hydrogens (tertiary/aromatic N) is 3. The molecule has 0 aliphatic carbocycles. The highest BCUT2D eigenvalue weighted by Gasteiger charge is 2.26. The standard InChI is InChI=1S/C17H18F3N3O2/c18-13-3-5-14(6-4-13)25-11-12-2-1-8-22(10-12)16(24)15-7-9-23(21-15)17(19)20/h3-7,9,12,17H,1-2,8,10-11H2/t12-/m0/s1. The molecule has 1 aliphatic rings. The molecule has 1 aromatic heterocycles. The lowest BCUT2D eigenvalue weighted by molar-refractivity contribution is 0.0535. The summed E-state index contributed by atoms with van der Waals surface area (Å²) in [5, 5.41) is 3.62. The molecule has 134 valence electrons. The van der Waals surface area contributed by atoms with Crippen molar-refractivity contribution in [1.29, 1.82) is 0 Å². The summed E-state index contributed by atoms with van der Waals surface area (Å²) in [6.45, 7) is -1.32. The van der Waals surface area contributed by atoms with Crippen molar-refractivity contribution in [1.82, 2.24) is 14.7 Å². The van der Waals surface area contributed by atoms with E-state index in [1.54, 1.807) is 17.0 Å². The first kappa shape index (κ1) is 17.3. The Morgan fingerprint density at radius 3 is 2.72 bits per heavy atom. The van der Waals surface area contributed by atoms with Crippen LogP contribution in [0.15, 0.2) is 36.5 Å². The molecule has 1 amide bonds. The van der Waals surface area contributed by atoms with Gasteiger partial charge in [0.1, 0.15) is 11.6 Å². The fourth-order valence-corrected chi connectivity index (χ4v) is 2.85. The highest BCUT2D eigenvalue weighted by Crippen LogP contribution is 2.21. The monoisotopic (exact) mass is 353 g/mol. The van der Waals surface area contributed by atoms with Crippen LogP contribution >= 0.6 is 0 Å². The van der Waals surface area contributed by atoms with Crippen molar-refractivity contribution in [3.63, 3.8) is 0 Å². The van der Waals surface area contributed by atoms with E-state index in [2.05, 4.69) is 5.10 Å². The molecule has 25 heavy (non-hydrogen) atoms. The average Bonchev–Trinajstić information content (AvgIpc) is 3.11. The minimum absolute atomic E-state index is 0.0143. The number of rotatable bonds is 5. The number of hydrogen-bond donors (Lipinski definition) is 0. The fraction of sp³-hybridized carbons (Fsp3) is 0.412. The van der Waals surface area contributed by atoms with Crippen molar-refractivity contribution in [3.05, 3.63) is 48.0 Å². The Bertz CT molecular complexity index is 718. The fourth-order valence-electron chi connectivity index (χ4n) is 2.85. The quantitative estimate of drug-likeness (QED) is 0.828. The lowest BCUT2D eigenvalue weighted by atomic mass is 9.98. The predicted octanol–water partition coefficient (Wildman–Crippen LogP) is 3.35. The molecule has 5 nitrogen and oxygen atoms in total. The SMILES string of the molecule is O=C(c1ccn(C(F)F)n1)N1CCC[C@H](COc2ccc(F)cc2)C1. The molecular weight excluding hydrogens is 335 g/mol. The van der Waals surface area contributed by atoms with Crippen LogP contribution in [0, 0.1) is 11.7 Å². The minimum atomic E-state index is -2.76. The number of piperidine rings is 1. The van der Waals surface area contributed by atoms with Gasteiger partial charge in [-0.1, -0.05) is 0 Å². The molecule has 0 spiro atoms. The van der Waals surface area contributed by atoms with E-state index in [9.17, 15) is 18.0 Å². The number of benzene rings is 1. The number of aromatic nitrogens is 2. The van der Waals surface area contributed by atoms with E-state index in [1.807, 2.05) is 0 Å². The maximum atomic E-state index is 12.9. The zero-order chi connectivity index (χ0) is 17.8. The minimum Gasteiger partial charge on any atom is -0.493 e. The molecule has 0 unspecified atom stereocenters. The van der Waals surface area contributed by atoms with Crippen molar-refractivity contribution in [2.24, 2.45) is 5.92 Å². The van der Waals surface area contributed by atoms with Gasteiger partial charge in [-0.2, -0.15) is 13.9 Å². The second-order valence-electron chi connectivity index (χ2n) is 5.98. The van der Waals surface area contributed by atoms with Gasteiger partial charge < -0.3 is 9.64 Å².